The van der Waals surface area contributed by atoms with Crippen molar-refractivity contribution in [1.29, 1.82) is 5.26 Å². The summed E-state index contributed by atoms with van der Waals surface area (Å²) in [6.07, 6.45) is 1.54. The van der Waals surface area contributed by atoms with Crippen LogP contribution in [0, 0.1) is 18.3 Å². The predicted octanol–water partition coefficient (Wildman–Crippen LogP) is 2.27. The Balaban J connectivity index is 2.14. The molecular formula is C13H12N4. The lowest BCUT2D eigenvalue weighted by Gasteiger charge is -2.07. The van der Waals surface area contributed by atoms with Gasteiger partial charge in [-0.3, -0.25) is 0 Å². The number of nitrogens with zero attached hydrogens (tertiary/aromatic N) is 3. The van der Waals surface area contributed by atoms with Crippen LogP contribution in [0.5, 0.6) is 0 Å². The highest BCUT2D eigenvalue weighted by molar-refractivity contribution is 5.50. The minimum Gasteiger partial charge on any atom is -0.365 e. The van der Waals surface area contributed by atoms with Gasteiger partial charge in [0.05, 0.1) is 6.20 Å². The quantitative estimate of drug-likeness (QED) is 0.868. The zero-order valence-electron chi connectivity index (χ0n) is 9.51. The molecular weight excluding hydrogens is 212 g/mol. The van der Waals surface area contributed by atoms with Crippen LogP contribution in [0.15, 0.2) is 36.5 Å². The fourth-order valence-corrected chi connectivity index (χ4v) is 1.47. The second-order valence-electron chi connectivity index (χ2n) is 3.63. The maximum absolute atomic E-state index is 8.94. The van der Waals surface area contributed by atoms with Crippen LogP contribution in [0.4, 0.5) is 5.82 Å². The van der Waals surface area contributed by atoms with Crippen molar-refractivity contribution in [1.82, 2.24) is 9.97 Å². The van der Waals surface area contributed by atoms with E-state index in [1.807, 2.05) is 30.3 Å². The number of rotatable bonds is 3. The predicted molar refractivity (Wildman–Crippen MR) is 65.3 cm³/mol. The second-order valence-corrected chi connectivity index (χ2v) is 3.63. The van der Waals surface area contributed by atoms with Crippen LogP contribution in [0.3, 0.4) is 0 Å². The summed E-state index contributed by atoms with van der Waals surface area (Å²) in [5, 5.41) is 12.1. The van der Waals surface area contributed by atoms with E-state index in [2.05, 4.69) is 21.4 Å². The van der Waals surface area contributed by atoms with E-state index in [0.717, 1.165) is 5.56 Å². The molecule has 4 nitrogen and oxygen atoms in total. The van der Waals surface area contributed by atoms with E-state index in [9.17, 15) is 0 Å². The summed E-state index contributed by atoms with van der Waals surface area (Å²) in [6, 6.07) is 12.0. The normalized spacial score (nSPS) is 9.65. The van der Waals surface area contributed by atoms with Crippen LogP contribution in [0.1, 0.15) is 17.0 Å². The van der Waals surface area contributed by atoms with Crippen molar-refractivity contribution in [2.24, 2.45) is 0 Å². The highest BCUT2D eigenvalue weighted by atomic mass is 15.0. The summed E-state index contributed by atoms with van der Waals surface area (Å²) in [7, 11) is 0. The van der Waals surface area contributed by atoms with Crippen molar-refractivity contribution in [3.8, 4) is 6.07 Å². The number of aryl methyl sites for hydroxylation is 1. The first-order valence-electron chi connectivity index (χ1n) is 5.31. The van der Waals surface area contributed by atoms with Crippen molar-refractivity contribution in [2.75, 3.05) is 5.32 Å². The molecule has 2 aromatic rings. The number of benzene rings is 1. The Morgan fingerprint density at radius 2 is 2.06 bits per heavy atom. The van der Waals surface area contributed by atoms with E-state index >= 15 is 0 Å². The van der Waals surface area contributed by atoms with E-state index in [1.165, 1.54) is 6.20 Å². The smallest absolute Gasteiger partial charge is 0.147 e. The lowest BCUT2D eigenvalue weighted by atomic mass is 10.2. The summed E-state index contributed by atoms with van der Waals surface area (Å²) in [6.45, 7) is 2.45. The molecule has 0 amide bonds. The van der Waals surface area contributed by atoms with Crippen LogP contribution in [0.25, 0.3) is 0 Å². The molecule has 0 saturated heterocycles. The highest BCUT2D eigenvalue weighted by Crippen LogP contribution is 2.11. The zero-order chi connectivity index (χ0) is 12.1. The average Bonchev–Trinajstić information content (AvgIpc) is 2.38. The molecule has 0 aliphatic heterocycles. The molecule has 2 rings (SSSR count). The highest BCUT2D eigenvalue weighted by Gasteiger charge is 2.04. The summed E-state index contributed by atoms with van der Waals surface area (Å²) < 4.78 is 0. The van der Waals surface area contributed by atoms with Gasteiger partial charge in [-0.15, -0.1) is 0 Å². The lowest BCUT2D eigenvalue weighted by Crippen LogP contribution is -2.05. The molecule has 0 radical (unpaired) electrons. The number of nitrogens with one attached hydrogen (secondary N) is 1. The van der Waals surface area contributed by atoms with Gasteiger partial charge in [-0.25, -0.2) is 9.97 Å². The van der Waals surface area contributed by atoms with Crippen molar-refractivity contribution >= 4 is 5.82 Å². The molecule has 1 aromatic carbocycles. The Bertz CT molecular complexity index is 543. The Morgan fingerprint density at radius 3 is 2.76 bits per heavy atom. The maximum atomic E-state index is 8.94. The molecule has 0 aliphatic carbocycles. The fraction of sp³-hybridized carbons (Fsp3) is 0.154. The molecule has 0 spiro atoms. The maximum Gasteiger partial charge on any atom is 0.147 e. The summed E-state index contributed by atoms with van der Waals surface area (Å²) in [4.78, 5) is 8.21. The first-order chi connectivity index (χ1) is 8.29. The van der Waals surface area contributed by atoms with E-state index in [0.29, 0.717) is 23.8 Å². The Hall–Kier alpha value is -2.41. The van der Waals surface area contributed by atoms with E-state index in [1.54, 1.807) is 6.92 Å². The summed E-state index contributed by atoms with van der Waals surface area (Å²) >= 11 is 0. The summed E-state index contributed by atoms with van der Waals surface area (Å²) in [5.74, 6) is 1.24. The molecule has 0 fully saturated rings. The molecule has 1 aromatic heterocycles. The second kappa shape index (κ2) is 5.08. The van der Waals surface area contributed by atoms with Crippen molar-refractivity contribution in [3.63, 3.8) is 0 Å². The number of nitriles is 1. The standard InChI is InChI=1S/C13H12N4/c1-10-15-9-12(7-14)13(17-10)16-8-11-5-3-2-4-6-11/h2-6,9H,8H2,1H3,(H,15,16,17). The fourth-order valence-electron chi connectivity index (χ4n) is 1.47. The lowest BCUT2D eigenvalue weighted by molar-refractivity contribution is 1.01. The molecule has 1 heterocycles. The Morgan fingerprint density at radius 1 is 1.29 bits per heavy atom. The third-order valence-corrected chi connectivity index (χ3v) is 2.33. The molecule has 17 heavy (non-hydrogen) atoms. The topological polar surface area (TPSA) is 61.6 Å². The van der Waals surface area contributed by atoms with Gasteiger partial charge in [0.1, 0.15) is 23.3 Å². The van der Waals surface area contributed by atoms with E-state index in [-0.39, 0.29) is 0 Å². The van der Waals surface area contributed by atoms with Gasteiger partial charge in [-0.05, 0) is 12.5 Å². The van der Waals surface area contributed by atoms with Crippen molar-refractivity contribution < 1.29 is 0 Å². The molecule has 4 heteroatoms. The molecule has 84 valence electrons. The Kier molecular flexibility index (Phi) is 3.31. The molecule has 0 unspecified atom stereocenters. The van der Waals surface area contributed by atoms with Gasteiger partial charge in [-0.1, -0.05) is 30.3 Å². The molecule has 0 bridgehead atoms. The third-order valence-electron chi connectivity index (χ3n) is 2.33. The van der Waals surface area contributed by atoms with Gasteiger partial charge in [0.15, 0.2) is 0 Å². The van der Waals surface area contributed by atoms with Crippen LogP contribution in [-0.2, 0) is 6.54 Å². The molecule has 0 saturated carbocycles. The minimum absolute atomic E-state index is 0.464. The number of hydrogen-bond donors (Lipinski definition) is 1. The summed E-state index contributed by atoms with van der Waals surface area (Å²) in [5.41, 5.74) is 1.61. The minimum atomic E-state index is 0.464. The average molecular weight is 224 g/mol. The number of aromatic nitrogens is 2. The first kappa shape index (κ1) is 11.1. The van der Waals surface area contributed by atoms with Crippen molar-refractivity contribution in [2.45, 2.75) is 13.5 Å². The van der Waals surface area contributed by atoms with Gasteiger partial charge in [0.25, 0.3) is 0 Å². The third kappa shape index (κ3) is 2.79. The van der Waals surface area contributed by atoms with Gasteiger partial charge in [-0.2, -0.15) is 5.26 Å². The monoisotopic (exact) mass is 224 g/mol. The van der Waals surface area contributed by atoms with Crippen LogP contribution in [-0.4, -0.2) is 9.97 Å². The van der Waals surface area contributed by atoms with E-state index < -0.39 is 0 Å². The van der Waals surface area contributed by atoms with Gasteiger partial charge in [0, 0.05) is 6.54 Å². The largest absolute Gasteiger partial charge is 0.365 e. The molecule has 0 aliphatic rings. The van der Waals surface area contributed by atoms with Crippen LogP contribution < -0.4 is 5.32 Å². The van der Waals surface area contributed by atoms with Crippen molar-refractivity contribution in [3.05, 3.63) is 53.5 Å². The SMILES string of the molecule is Cc1ncc(C#N)c(NCc2ccccc2)n1. The van der Waals surface area contributed by atoms with Crippen LogP contribution in [0.2, 0.25) is 0 Å². The van der Waals surface area contributed by atoms with Crippen LogP contribution >= 0.6 is 0 Å². The van der Waals surface area contributed by atoms with E-state index in [4.69, 9.17) is 5.26 Å². The Labute approximate surface area is 100.0 Å². The zero-order valence-corrected chi connectivity index (χ0v) is 9.51. The first-order valence-corrected chi connectivity index (χ1v) is 5.31. The van der Waals surface area contributed by atoms with Gasteiger partial charge >= 0.3 is 0 Å². The van der Waals surface area contributed by atoms with Gasteiger partial charge < -0.3 is 5.32 Å². The number of anilines is 1. The molecule has 0 atom stereocenters. The van der Waals surface area contributed by atoms with Gasteiger partial charge in [0.2, 0.25) is 0 Å². The molecule has 1 N–H and O–H groups in total. The number of hydrogen-bond acceptors (Lipinski definition) is 4.